The maximum absolute atomic E-state index is 12.3. The summed E-state index contributed by atoms with van der Waals surface area (Å²) in [5.74, 6) is -0.645. The lowest BCUT2D eigenvalue weighted by Gasteiger charge is -2.10. The summed E-state index contributed by atoms with van der Waals surface area (Å²) in [7, 11) is -4.39. The summed E-state index contributed by atoms with van der Waals surface area (Å²) in [5, 5.41) is 6.88. The van der Waals surface area contributed by atoms with Crippen molar-refractivity contribution in [2.45, 2.75) is 18.9 Å². The molecule has 0 fully saturated rings. The summed E-state index contributed by atoms with van der Waals surface area (Å²) < 4.78 is 68.0. The van der Waals surface area contributed by atoms with E-state index in [9.17, 15) is 26.4 Å². The summed E-state index contributed by atoms with van der Waals surface area (Å²) in [6.45, 7) is 1.29. The Morgan fingerprint density at radius 1 is 1.19 bits per heavy atom. The molecule has 0 bridgehead atoms. The van der Waals surface area contributed by atoms with Gasteiger partial charge in [-0.3, -0.25) is 4.79 Å². The maximum atomic E-state index is 12.3. The minimum atomic E-state index is -5.84. The van der Waals surface area contributed by atoms with Crippen molar-refractivity contribution in [3.05, 3.63) is 47.2 Å². The number of benzene rings is 1. The van der Waals surface area contributed by atoms with Crippen LogP contribution < -0.4 is 8.92 Å². The standard InChI is InChI=1S/C15H13F3N2O5S/c1-9-6-11(8-13(21)10-4-3-5-12(7-10)24-2)19-20-14(9)25-26(22,23)15(16,17)18/h3-7H,8H2,1-2H3. The summed E-state index contributed by atoms with van der Waals surface area (Å²) >= 11 is 0. The number of hydrogen-bond acceptors (Lipinski definition) is 7. The first kappa shape index (κ1) is 19.6. The molecule has 7 nitrogen and oxygen atoms in total. The van der Waals surface area contributed by atoms with Gasteiger partial charge in [0.1, 0.15) is 5.75 Å². The maximum Gasteiger partial charge on any atom is 0.534 e. The van der Waals surface area contributed by atoms with E-state index in [-0.39, 0.29) is 23.5 Å². The van der Waals surface area contributed by atoms with Gasteiger partial charge in [-0.2, -0.15) is 26.7 Å². The summed E-state index contributed by atoms with van der Waals surface area (Å²) in [5.41, 5.74) is -5.10. The topological polar surface area (TPSA) is 95.5 Å². The highest BCUT2D eigenvalue weighted by atomic mass is 32.2. The van der Waals surface area contributed by atoms with E-state index >= 15 is 0 Å². The second-order valence-electron chi connectivity index (χ2n) is 5.14. The largest absolute Gasteiger partial charge is 0.534 e. The first-order valence-electron chi connectivity index (χ1n) is 7.04. The predicted molar refractivity (Wildman–Crippen MR) is 83.4 cm³/mol. The number of halogens is 3. The number of aromatic nitrogens is 2. The Hall–Kier alpha value is -2.69. The Morgan fingerprint density at radius 2 is 1.88 bits per heavy atom. The molecule has 0 unspecified atom stereocenters. The van der Waals surface area contributed by atoms with Gasteiger partial charge in [-0.15, -0.1) is 5.10 Å². The van der Waals surface area contributed by atoms with Crippen molar-refractivity contribution < 1.29 is 35.3 Å². The zero-order chi connectivity index (χ0) is 19.5. The summed E-state index contributed by atoms with van der Waals surface area (Å²) in [6.07, 6.45) is -0.187. The molecule has 0 radical (unpaired) electrons. The van der Waals surface area contributed by atoms with Crippen LogP contribution in [0.25, 0.3) is 0 Å². The molecule has 0 aliphatic heterocycles. The monoisotopic (exact) mass is 390 g/mol. The lowest BCUT2D eigenvalue weighted by Crippen LogP contribution is -2.28. The van der Waals surface area contributed by atoms with Gasteiger partial charge in [-0.25, -0.2) is 0 Å². The van der Waals surface area contributed by atoms with Gasteiger partial charge in [0.2, 0.25) is 0 Å². The number of rotatable bonds is 6. The number of carbonyl (C=O) groups is 1. The molecule has 1 heterocycles. The Kier molecular flexibility index (Phi) is 5.50. The Labute approximate surface area is 146 Å². The van der Waals surface area contributed by atoms with Gasteiger partial charge in [-0.1, -0.05) is 12.1 Å². The van der Waals surface area contributed by atoms with Gasteiger partial charge in [0.25, 0.3) is 5.88 Å². The predicted octanol–water partition coefficient (Wildman–Crippen LogP) is 2.45. The van der Waals surface area contributed by atoms with Gasteiger partial charge in [0, 0.05) is 11.1 Å². The third kappa shape index (κ3) is 4.48. The minimum Gasteiger partial charge on any atom is -0.497 e. The SMILES string of the molecule is COc1cccc(C(=O)Cc2cc(C)c(OS(=O)(=O)C(F)(F)F)nn2)c1. The molecule has 0 aliphatic carbocycles. The molecular weight excluding hydrogens is 377 g/mol. The van der Waals surface area contributed by atoms with Crippen LogP contribution in [-0.2, 0) is 16.5 Å². The number of hydrogen-bond donors (Lipinski definition) is 0. The Balaban J connectivity index is 2.18. The van der Waals surface area contributed by atoms with E-state index in [1.54, 1.807) is 18.2 Å². The van der Waals surface area contributed by atoms with E-state index in [1.165, 1.54) is 26.2 Å². The van der Waals surface area contributed by atoms with E-state index in [0.29, 0.717) is 11.3 Å². The van der Waals surface area contributed by atoms with Gasteiger partial charge >= 0.3 is 15.6 Å². The van der Waals surface area contributed by atoms with Crippen LogP contribution in [0.4, 0.5) is 13.2 Å². The van der Waals surface area contributed by atoms with Crippen molar-refractivity contribution in [1.29, 1.82) is 0 Å². The molecule has 0 atom stereocenters. The quantitative estimate of drug-likeness (QED) is 0.425. The minimum absolute atomic E-state index is 0.0127. The average Bonchev–Trinajstić information content (AvgIpc) is 2.56. The normalized spacial score (nSPS) is 11.9. The molecule has 1 aromatic heterocycles. The third-order valence-electron chi connectivity index (χ3n) is 3.20. The molecule has 0 N–H and O–H groups in total. The van der Waals surface area contributed by atoms with E-state index in [0.717, 1.165) is 0 Å². The molecule has 140 valence electrons. The van der Waals surface area contributed by atoms with Crippen LogP contribution in [-0.4, -0.2) is 37.0 Å². The number of Topliss-reactive ketones (excluding diaryl/α,β-unsaturated/α-hetero) is 1. The highest BCUT2D eigenvalue weighted by Crippen LogP contribution is 2.27. The molecular formula is C15H13F3N2O5S. The number of carbonyl (C=O) groups excluding carboxylic acids is 1. The van der Waals surface area contributed by atoms with Gasteiger partial charge in [0.05, 0.1) is 19.2 Å². The molecule has 2 rings (SSSR count). The second-order valence-corrected chi connectivity index (χ2v) is 6.68. The van der Waals surface area contributed by atoms with Crippen LogP contribution in [0, 0.1) is 6.92 Å². The van der Waals surface area contributed by atoms with E-state index < -0.39 is 21.5 Å². The molecule has 0 spiro atoms. The van der Waals surface area contributed by atoms with Crippen LogP contribution in [0.3, 0.4) is 0 Å². The van der Waals surface area contributed by atoms with Gasteiger partial charge in [-0.05, 0) is 25.1 Å². The zero-order valence-corrected chi connectivity index (χ0v) is 14.4. The van der Waals surface area contributed by atoms with Crippen LogP contribution in [0.1, 0.15) is 21.6 Å². The molecule has 0 aliphatic rings. The van der Waals surface area contributed by atoms with Crippen molar-refractivity contribution in [3.63, 3.8) is 0 Å². The fourth-order valence-corrected chi connectivity index (χ4v) is 2.38. The molecule has 0 saturated carbocycles. The number of ketones is 1. The highest BCUT2D eigenvalue weighted by molar-refractivity contribution is 7.87. The lowest BCUT2D eigenvalue weighted by atomic mass is 10.1. The number of alkyl halides is 3. The Morgan fingerprint density at radius 3 is 2.46 bits per heavy atom. The van der Waals surface area contributed by atoms with Crippen LogP contribution in [0.2, 0.25) is 0 Å². The average molecular weight is 390 g/mol. The fraction of sp³-hybridized carbons (Fsp3) is 0.267. The molecule has 0 amide bonds. The number of aryl methyl sites for hydroxylation is 1. The van der Waals surface area contributed by atoms with Crippen LogP contribution in [0.5, 0.6) is 11.6 Å². The van der Waals surface area contributed by atoms with Crippen molar-refractivity contribution in [2.75, 3.05) is 7.11 Å². The van der Waals surface area contributed by atoms with Crippen molar-refractivity contribution in [1.82, 2.24) is 10.2 Å². The van der Waals surface area contributed by atoms with E-state index in [1.807, 2.05) is 0 Å². The molecule has 2 aromatic rings. The number of methoxy groups -OCH3 is 1. The van der Waals surface area contributed by atoms with Crippen LogP contribution >= 0.6 is 0 Å². The van der Waals surface area contributed by atoms with Gasteiger partial charge in [0.15, 0.2) is 5.78 Å². The van der Waals surface area contributed by atoms with E-state index in [4.69, 9.17) is 4.74 Å². The molecule has 0 saturated heterocycles. The highest BCUT2D eigenvalue weighted by Gasteiger charge is 2.49. The Bertz CT molecular complexity index is 929. The van der Waals surface area contributed by atoms with Crippen molar-refractivity contribution in [2.24, 2.45) is 0 Å². The van der Waals surface area contributed by atoms with Gasteiger partial charge < -0.3 is 8.92 Å². The molecule has 1 aromatic carbocycles. The summed E-state index contributed by atoms with van der Waals surface area (Å²) in [6, 6.07) is 7.61. The lowest BCUT2D eigenvalue weighted by molar-refractivity contribution is -0.0501. The molecule has 11 heteroatoms. The smallest absolute Gasteiger partial charge is 0.497 e. The van der Waals surface area contributed by atoms with E-state index in [2.05, 4.69) is 14.4 Å². The third-order valence-corrected chi connectivity index (χ3v) is 4.14. The number of nitrogens with zero attached hydrogens (tertiary/aromatic N) is 2. The van der Waals surface area contributed by atoms with Crippen molar-refractivity contribution >= 4 is 15.9 Å². The first-order chi connectivity index (χ1) is 12.0. The molecule has 26 heavy (non-hydrogen) atoms. The fourth-order valence-electron chi connectivity index (χ4n) is 1.91. The first-order valence-corrected chi connectivity index (χ1v) is 8.45. The van der Waals surface area contributed by atoms with Crippen LogP contribution in [0.15, 0.2) is 30.3 Å². The van der Waals surface area contributed by atoms with Crippen molar-refractivity contribution in [3.8, 4) is 11.6 Å². The zero-order valence-electron chi connectivity index (χ0n) is 13.6. The second kappa shape index (κ2) is 7.28. The number of ether oxygens (including phenoxy) is 1. The summed E-state index contributed by atoms with van der Waals surface area (Å²) in [4.78, 5) is 12.2.